The third-order valence-corrected chi connectivity index (χ3v) is 11.4. The van der Waals surface area contributed by atoms with Crippen LogP contribution in [0.25, 0.3) is 22.3 Å². The maximum absolute atomic E-state index is 16.3. The van der Waals surface area contributed by atoms with E-state index in [1.807, 2.05) is 12.1 Å². The zero-order valence-corrected chi connectivity index (χ0v) is 35.1. The monoisotopic (exact) mass is 802 g/mol. The molecule has 1 aliphatic rings. The number of aliphatic hydroxyl groups is 2. The number of aliphatic hydroxyl groups excluding tert-OH is 2. The van der Waals surface area contributed by atoms with Gasteiger partial charge in [-0.3, -0.25) is 0 Å². The first-order valence-electron chi connectivity index (χ1n) is 21.0. The highest BCUT2D eigenvalue weighted by molar-refractivity contribution is 5.87. The Labute approximate surface area is 344 Å². The SMILES string of the molecule is C=C(C)C(=O)OCCCc1cc(-c2c(F)cc(-c3ccc(C4CCC(CCCCC)CC4)cc3)cc2F)cc(CCCOC(=O)C(=C)C)c1OCCC(C)(CO)CO. The second kappa shape index (κ2) is 22.7. The molecule has 0 radical (unpaired) electrons. The maximum atomic E-state index is 16.3. The Morgan fingerprint density at radius 2 is 1.28 bits per heavy atom. The molecule has 0 aliphatic heterocycles. The number of benzene rings is 3. The highest BCUT2D eigenvalue weighted by Crippen LogP contribution is 2.40. The molecule has 0 atom stereocenters. The summed E-state index contributed by atoms with van der Waals surface area (Å²) in [5.74, 6) is -0.629. The van der Waals surface area contributed by atoms with E-state index in [-0.39, 0.29) is 49.7 Å². The Hall–Kier alpha value is -4.34. The molecule has 1 saturated carbocycles. The van der Waals surface area contributed by atoms with E-state index in [9.17, 15) is 19.8 Å². The largest absolute Gasteiger partial charge is 0.493 e. The minimum absolute atomic E-state index is 0.0885. The molecule has 0 unspecified atom stereocenters. The van der Waals surface area contributed by atoms with E-state index in [4.69, 9.17) is 14.2 Å². The summed E-state index contributed by atoms with van der Waals surface area (Å²) in [5.41, 5.74) is 3.63. The number of halogens is 2. The predicted molar refractivity (Wildman–Crippen MR) is 227 cm³/mol. The summed E-state index contributed by atoms with van der Waals surface area (Å²) in [6.45, 7) is 14.2. The van der Waals surface area contributed by atoms with E-state index in [1.165, 1.54) is 69.1 Å². The molecular weight excluding hydrogens is 739 g/mol. The summed E-state index contributed by atoms with van der Waals surface area (Å²) in [6.07, 6.45) is 11.8. The van der Waals surface area contributed by atoms with Gasteiger partial charge in [0.05, 0.1) is 38.6 Å². The van der Waals surface area contributed by atoms with E-state index >= 15 is 8.78 Å². The molecule has 9 heteroatoms. The minimum atomic E-state index is -0.783. The molecule has 316 valence electrons. The molecule has 4 rings (SSSR count). The van der Waals surface area contributed by atoms with Gasteiger partial charge in [-0.2, -0.15) is 0 Å². The van der Waals surface area contributed by atoms with Gasteiger partial charge in [0.25, 0.3) is 0 Å². The summed E-state index contributed by atoms with van der Waals surface area (Å²) < 4.78 is 49.6. The van der Waals surface area contributed by atoms with Crippen molar-refractivity contribution in [3.63, 3.8) is 0 Å². The van der Waals surface area contributed by atoms with Gasteiger partial charge in [-0.05, 0) is 141 Å². The molecule has 0 spiro atoms. The number of hydrogen-bond donors (Lipinski definition) is 2. The molecule has 0 saturated heterocycles. The smallest absolute Gasteiger partial charge is 0.333 e. The lowest BCUT2D eigenvalue weighted by atomic mass is 9.77. The van der Waals surface area contributed by atoms with Gasteiger partial charge in [-0.1, -0.05) is 77.0 Å². The molecule has 1 fully saturated rings. The van der Waals surface area contributed by atoms with Gasteiger partial charge in [0.15, 0.2) is 0 Å². The van der Waals surface area contributed by atoms with E-state index in [2.05, 4.69) is 32.2 Å². The third kappa shape index (κ3) is 13.3. The maximum Gasteiger partial charge on any atom is 0.333 e. The second-order valence-corrected chi connectivity index (χ2v) is 16.5. The van der Waals surface area contributed by atoms with E-state index in [0.29, 0.717) is 66.0 Å². The highest BCUT2D eigenvalue weighted by Gasteiger charge is 2.25. The van der Waals surface area contributed by atoms with Gasteiger partial charge in [0, 0.05) is 16.6 Å². The average molecular weight is 803 g/mol. The molecule has 0 heterocycles. The fraction of sp³-hybridized carbons (Fsp3) is 0.510. The van der Waals surface area contributed by atoms with Crippen LogP contribution in [0, 0.1) is 23.0 Å². The highest BCUT2D eigenvalue weighted by atomic mass is 19.1. The van der Waals surface area contributed by atoms with Crippen molar-refractivity contribution < 1.29 is 42.8 Å². The van der Waals surface area contributed by atoms with Crippen LogP contribution in [-0.2, 0) is 31.9 Å². The first-order chi connectivity index (χ1) is 27.8. The lowest BCUT2D eigenvalue weighted by Gasteiger charge is -2.29. The quantitative estimate of drug-likeness (QED) is 0.0559. The first kappa shape index (κ1) is 46.4. The Kier molecular flexibility index (Phi) is 18.2. The van der Waals surface area contributed by atoms with E-state index < -0.39 is 29.0 Å². The lowest BCUT2D eigenvalue weighted by molar-refractivity contribution is -0.139. The van der Waals surface area contributed by atoms with Gasteiger partial charge in [0.2, 0.25) is 0 Å². The topological polar surface area (TPSA) is 102 Å². The van der Waals surface area contributed by atoms with E-state index in [0.717, 1.165) is 11.5 Å². The van der Waals surface area contributed by atoms with Crippen LogP contribution in [0.2, 0.25) is 0 Å². The number of carbonyl (C=O) groups is 2. The van der Waals surface area contributed by atoms with E-state index in [1.54, 1.807) is 32.9 Å². The second-order valence-electron chi connectivity index (χ2n) is 16.5. The lowest BCUT2D eigenvalue weighted by Crippen LogP contribution is -2.28. The van der Waals surface area contributed by atoms with Crippen molar-refractivity contribution in [1.82, 2.24) is 0 Å². The fourth-order valence-corrected chi connectivity index (χ4v) is 7.60. The molecular formula is C49H64F2O7. The van der Waals surface area contributed by atoms with Crippen molar-refractivity contribution in [3.05, 3.63) is 101 Å². The molecule has 7 nitrogen and oxygen atoms in total. The van der Waals surface area contributed by atoms with Crippen LogP contribution in [0.5, 0.6) is 5.75 Å². The van der Waals surface area contributed by atoms with Gasteiger partial charge in [-0.15, -0.1) is 0 Å². The fourth-order valence-electron chi connectivity index (χ4n) is 7.60. The Bertz CT molecular complexity index is 1760. The van der Waals surface area contributed by atoms with Gasteiger partial charge in [0.1, 0.15) is 17.4 Å². The summed E-state index contributed by atoms with van der Waals surface area (Å²) in [6, 6.07) is 14.3. The molecule has 58 heavy (non-hydrogen) atoms. The average Bonchev–Trinajstić information content (AvgIpc) is 3.21. The zero-order valence-electron chi connectivity index (χ0n) is 35.1. The van der Waals surface area contributed by atoms with Crippen LogP contribution in [0.1, 0.15) is 121 Å². The molecule has 3 aromatic carbocycles. The van der Waals surface area contributed by atoms with Crippen molar-refractivity contribution in [1.29, 1.82) is 0 Å². The normalized spacial score (nSPS) is 15.5. The first-order valence-corrected chi connectivity index (χ1v) is 21.0. The van der Waals surface area contributed by atoms with Gasteiger partial charge in [-0.25, -0.2) is 18.4 Å². The van der Waals surface area contributed by atoms with Crippen molar-refractivity contribution in [2.24, 2.45) is 11.3 Å². The zero-order chi connectivity index (χ0) is 42.2. The summed E-state index contributed by atoms with van der Waals surface area (Å²) in [7, 11) is 0. The number of ether oxygens (including phenoxy) is 3. The van der Waals surface area contributed by atoms with Crippen molar-refractivity contribution in [2.75, 3.05) is 33.0 Å². The van der Waals surface area contributed by atoms with Crippen molar-refractivity contribution in [2.45, 2.75) is 117 Å². The Balaban J connectivity index is 1.64. The van der Waals surface area contributed by atoms with Crippen LogP contribution in [0.3, 0.4) is 0 Å². The number of esters is 2. The minimum Gasteiger partial charge on any atom is -0.493 e. The number of unbranched alkanes of at least 4 members (excludes halogenated alkanes) is 2. The summed E-state index contributed by atoms with van der Waals surface area (Å²) in [4.78, 5) is 24.1. The Morgan fingerprint density at radius 3 is 1.76 bits per heavy atom. The van der Waals surface area contributed by atoms with Crippen LogP contribution in [0.4, 0.5) is 8.78 Å². The van der Waals surface area contributed by atoms with Crippen LogP contribution >= 0.6 is 0 Å². The molecule has 0 amide bonds. The summed E-state index contributed by atoms with van der Waals surface area (Å²) in [5, 5.41) is 19.7. The van der Waals surface area contributed by atoms with Gasteiger partial charge < -0.3 is 24.4 Å². The van der Waals surface area contributed by atoms with Crippen LogP contribution in [0.15, 0.2) is 72.8 Å². The molecule has 0 aromatic heterocycles. The molecule has 0 bridgehead atoms. The predicted octanol–water partition coefficient (Wildman–Crippen LogP) is 11.0. The molecule has 3 aromatic rings. The third-order valence-electron chi connectivity index (χ3n) is 11.4. The summed E-state index contributed by atoms with van der Waals surface area (Å²) >= 11 is 0. The van der Waals surface area contributed by atoms with Crippen molar-refractivity contribution >= 4 is 11.9 Å². The number of carbonyl (C=O) groups excluding carboxylic acids is 2. The van der Waals surface area contributed by atoms with Gasteiger partial charge >= 0.3 is 11.9 Å². The number of hydrogen-bond acceptors (Lipinski definition) is 7. The van der Waals surface area contributed by atoms with Crippen LogP contribution < -0.4 is 4.74 Å². The van der Waals surface area contributed by atoms with Crippen molar-refractivity contribution in [3.8, 4) is 28.0 Å². The number of aryl methyl sites for hydroxylation is 2. The van der Waals surface area contributed by atoms with Crippen LogP contribution in [-0.4, -0.2) is 55.2 Å². The molecule has 1 aliphatic carbocycles. The molecule has 2 N–H and O–H groups in total. The standard InChI is InChI=1S/C49H64F2O7/c1-7-8-9-12-35-15-17-36(18-16-35)37-19-21-38(22-20-37)41-29-43(50)45(44(51)30-41)42-27-39(13-10-24-57-47(54)33(2)3)46(56-26-23-49(6,31-52)32-53)40(28-42)14-11-25-58-48(55)34(4)5/h19-22,27-30,35-36,52-53H,2,4,7-18,23-26,31-32H2,1,3,5-6H3. The number of rotatable bonds is 23. The Morgan fingerprint density at radius 1 is 0.741 bits per heavy atom.